The van der Waals surface area contributed by atoms with E-state index in [1.807, 2.05) is 0 Å². The Bertz CT molecular complexity index is 1960. The van der Waals surface area contributed by atoms with Crippen LogP contribution in [-0.4, -0.2) is 96.7 Å². The third kappa shape index (κ3) is 74.9. The summed E-state index contributed by atoms with van der Waals surface area (Å²) in [6.45, 7) is 9.69. The first kappa shape index (κ1) is 100. The van der Waals surface area contributed by atoms with Crippen molar-refractivity contribution in [3.8, 4) is 0 Å². The zero-order valence-electron chi connectivity index (χ0n) is 66.9. The molecule has 3 unspecified atom stereocenters. The molecule has 0 aromatic carbocycles. The summed E-state index contributed by atoms with van der Waals surface area (Å²) < 4.78 is 68.8. The van der Waals surface area contributed by atoms with E-state index in [9.17, 15) is 43.2 Å². The van der Waals surface area contributed by atoms with Crippen LogP contribution in [0, 0.1) is 11.8 Å². The summed E-state index contributed by atoms with van der Waals surface area (Å²) >= 11 is 0. The molecule has 0 radical (unpaired) electrons. The number of phosphoric acid groups is 2. The SMILES string of the molecule is CCCCCCCCCCCCCCCCCCCCC(=O)OC[C@H](COP(=O)(O)OC[C@@H](O)COP(=O)(O)OC[C@@H](COC(=O)CCCCCCCCCCCC(C)C)OC(=O)CCCCCCCCCCCCCCCC)OC(=O)CCCCCCCCCCCCCCCCC(C)CC. The van der Waals surface area contributed by atoms with Gasteiger partial charge in [-0.2, -0.15) is 0 Å². The van der Waals surface area contributed by atoms with Crippen molar-refractivity contribution in [3.63, 3.8) is 0 Å². The highest BCUT2D eigenvalue weighted by Crippen LogP contribution is 2.45. The first-order chi connectivity index (χ1) is 49.4. The molecule has 3 N–H and O–H groups in total. The largest absolute Gasteiger partial charge is 0.472 e. The van der Waals surface area contributed by atoms with Crippen LogP contribution in [0.5, 0.6) is 0 Å². The van der Waals surface area contributed by atoms with Gasteiger partial charge in [-0.05, 0) is 37.5 Å². The summed E-state index contributed by atoms with van der Waals surface area (Å²) in [5, 5.41) is 10.7. The number of hydrogen-bond acceptors (Lipinski definition) is 15. The van der Waals surface area contributed by atoms with Gasteiger partial charge in [0.1, 0.15) is 19.3 Å². The molecule has 0 amide bonds. The van der Waals surface area contributed by atoms with E-state index in [0.29, 0.717) is 25.7 Å². The van der Waals surface area contributed by atoms with Crippen molar-refractivity contribution in [2.75, 3.05) is 39.6 Å². The predicted molar refractivity (Wildman–Crippen MR) is 418 cm³/mol. The second-order valence-corrected chi connectivity index (χ2v) is 33.5. The zero-order valence-corrected chi connectivity index (χ0v) is 68.7. The van der Waals surface area contributed by atoms with Crippen molar-refractivity contribution in [1.29, 1.82) is 0 Å². The van der Waals surface area contributed by atoms with Crippen molar-refractivity contribution >= 4 is 39.5 Å². The van der Waals surface area contributed by atoms with Gasteiger partial charge < -0.3 is 33.8 Å². The van der Waals surface area contributed by atoms with E-state index in [4.69, 9.17) is 37.0 Å². The van der Waals surface area contributed by atoms with Gasteiger partial charge in [0.2, 0.25) is 0 Å². The van der Waals surface area contributed by atoms with Crippen LogP contribution in [0.3, 0.4) is 0 Å². The summed E-state index contributed by atoms with van der Waals surface area (Å²) in [6, 6.07) is 0. The lowest BCUT2D eigenvalue weighted by Gasteiger charge is -2.21. The lowest BCUT2D eigenvalue weighted by molar-refractivity contribution is -0.161. The molecule has 0 saturated carbocycles. The highest BCUT2D eigenvalue weighted by Gasteiger charge is 2.30. The van der Waals surface area contributed by atoms with Gasteiger partial charge in [0, 0.05) is 25.7 Å². The van der Waals surface area contributed by atoms with E-state index < -0.39 is 97.5 Å². The smallest absolute Gasteiger partial charge is 0.462 e. The molecule has 6 atom stereocenters. The molecule has 0 heterocycles. The molecule has 0 spiro atoms. The van der Waals surface area contributed by atoms with Crippen molar-refractivity contribution in [2.45, 2.75) is 458 Å². The molecule has 606 valence electrons. The van der Waals surface area contributed by atoms with E-state index >= 15 is 0 Å². The van der Waals surface area contributed by atoms with Crippen LogP contribution in [0.15, 0.2) is 0 Å². The number of rotatable bonds is 82. The highest BCUT2D eigenvalue weighted by atomic mass is 31.2. The van der Waals surface area contributed by atoms with Crippen LogP contribution in [-0.2, 0) is 65.4 Å². The van der Waals surface area contributed by atoms with Gasteiger partial charge in [0.25, 0.3) is 0 Å². The van der Waals surface area contributed by atoms with Crippen LogP contribution < -0.4 is 0 Å². The van der Waals surface area contributed by atoms with Crippen molar-refractivity contribution in [2.24, 2.45) is 11.8 Å². The fourth-order valence-electron chi connectivity index (χ4n) is 12.9. The van der Waals surface area contributed by atoms with Gasteiger partial charge in [0.15, 0.2) is 12.2 Å². The Balaban J connectivity index is 5.26. The molecule has 102 heavy (non-hydrogen) atoms. The summed E-state index contributed by atoms with van der Waals surface area (Å²) in [5.74, 6) is -0.514. The van der Waals surface area contributed by atoms with Gasteiger partial charge in [-0.25, -0.2) is 9.13 Å². The number of aliphatic hydroxyl groups is 1. The number of carbonyl (C=O) groups is 4. The third-order valence-electron chi connectivity index (χ3n) is 19.8. The van der Waals surface area contributed by atoms with Crippen LogP contribution >= 0.6 is 15.6 Å². The maximum atomic E-state index is 13.1. The Labute approximate surface area is 626 Å². The normalized spacial score (nSPS) is 14.1. The quantitative estimate of drug-likeness (QED) is 0.0222. The van der Waals surface area contributed by atoms with Crippen molar-refractivity contribution < 1.29 is 80.2 Å². The molecule has 0 aromatic rings. The topological polar surface area (TPSA) is 237 Å². The summed E-state index contributed by atoms with van der Waals surface area (Å²) in [5.41, 5.74) is 0. The Morgan fingerprint density at radius 1 is 0.284 bits per heavy atom. The van der Waals surface area contributed by atoms with Gasteiger partial charge in [-0.3, -0.25) is 37.3 Å². The number of aliphatic hydroxyl groups excluding tert-OH is 1. The zero-order chi connectivity index (χ0) is 74.9. The monoisotopic (exact) mass is 1490 g/mol. The van der Waals surface area contributed by atoms with Crippen LogP contribution in [0.2, 0.25) is 0 Å². The van der Waals surface area contributed by atoms with E-state index in [0.717, 1.165) is 102 Å². The maximum Gasteiger partial charge on any atom is 0.472 e. The van der Waals surface area contributed by atoms with Crippen LogP contribution in [0.25, 0.3) is 0 Å². The fraction of sp³-hybridized carbons (Fsp3) is 0.952. The summed E-state index contributed by atoms with van der Waals surface area (Å²) in [7, 11) is -9.92. The van der Waals surface area contributed by atoms with Gasteiger partial charge >= 0.3 is 39.5 Å². The highest BCUT2D eigenvalue weighted by molar-refractivity contribution is 7.47. The Kier molecular flexibility index (Phi) is 73.1. The second kappa shape index (κ2) is 74.5. The molecule has 0 fully saturated rings. The second-order valence-electron chi connectivity index (χ2n) is 30.6. The molecule has 0 saturated heterocycles. The third-order valence-corrected chi connectivity index (χ3v) is 21.7. The van der Waals surface area contributed by atoms with Gasteiger partial charge in [-0.1, -0.05) is 388 Å². The molecule has 0 aromatic heterocycles. The maximum absolute atomic E-state index is 13.1. The van der Waals surface area contributed by atoms with Gasteiger partial charge in [0.05, 0.1) is 26.4 Å². The first-order valence-corrected chi connectivity index (χ1v) is 46.0. The molecule has 0 rings (SSSR count). The Morgan fingerprint density at radius 3 is 0.745 bits per heavy atom. The van der Waals surface area contributed by atoms with Crippen molar-refractivity contribution in [1.82, 2.24) is 0 Å². The molecule has 0 aliphatic rings. The Hall–Kier alpha value is -1.94. The number of unbranched alkanes of at least 4 members (excludes halogenated alkanes) is 51. The lowest BCUT2D eigenvalue weighted by atomic mass is 9.99. The number of hydrogen-bond donors (Lipinski definition) is 3. The Morgan fingerprint density at radius 2 is 0.500 bits per heavy atom. The van der Waals surface area contributed by atoms with Crippen LogP contribution in [0.4, 0.5) is 0 Å². The van der Waals surface area contributed by atoms with E-state index in [1.165, 1.54) is 257 Å². The minimum atomic E-state index is -4.96. The standard InChI is InChI=1S/C83H162O17P2/c1-7-10-12-14-16-18-20-22-24-25-26-27-32-35-41-47-53-59-65-80(85)93-71-78(99-83(88)68-62-56-50-43-37-33-29-28-30-34-40-46-52-58-64-76(6)9-3)73-97-101(89,90)95-69-77(84)70-96-102(91,92)98-74-79(72-94-81(86)66-60-54-48-44-38-39-45-51-57-63-75(4)5)100-82(87)67-61-55-49-42-36-31-23-21-19-17-15-13-11-8-2/h75-79,84H,7-74H2,1-6H3,(H,89,90)(H,91,92)/t76?,77-,78-,79-/m1/s1. The van der Waals surface area contributed by atoms with Crippen LogP contribution in [0.1, 0.15) is 440 Å². The minimum absolute atomic E-state index is 0.108. The number of ether oxygens (including phenoxy) is 4. The molecular weight excluding hydrogens is 1330 g/mol. The molecular formula is C83H162O17P2. The average molecular weight is 1490 g/mol. The van der Waals surface area contributed by atoms with E-state index in [2.05, 4.69) is 41.5 Å². The lowest BCUT2D eigenvalue weighted by Crippen LogP contribution is -2.30. The molecule has 0 bridgehead atoms. The predicted octanol–water partition coefficient (Wildman–Crippen LogP) is 25.1. The fourth-order valence-corrected chi connectivity index (χ4v) is 14.4. The molecule has 0 aliphatic carbocycles. The average Bonchev–Trinajstić information content (AvgIpc) is 0.911. The van der Waals surface area contributed by atoms with E-state index in [1.54, 1.807) is 0 Å². The summed E-state index contributed by atoms with van der Waals surface area (Å²) in [4.78, 5) is 73.1. The number of esters is 4. The molecule has 17 nitrogen and oxygen atoms in total. The molecule has 0 aliphatic heterocycles. The van der Waals surface area contributed by atoms with E-state index in [-0.39, 0.29) is 25.7 Å². The van der Waals surface area contributed by atoms with Gasteiger partial charge in [-0.15, -0.1) is 0 Å². The number of carbonyl (C=O) groups excluding carboxylic acids is 4. The first-order valence-electron chi connectivity index (χ1n) is 43.0. The molecule has 19 heteroatoms. The minimum Gasteiger partial charge on any atom is -0.462 e. The summed E-state index contributed by atoms with van der Waals surface area (Å²) in [6.07, 6.45) is 65.1. The van der Waals surface area contributed by atoms with Crippen molar-refractivity contribution in [3.05, 3.63) is 0 Å². The number of phosphoric ester groups is 2.